The summed E-state index contributed by atoms with van der Waals surface area (Å²) in [5.74, 6) is 0.342. The van der Waals surface area contributed by atoms with Gasteiger partial charge in [-0.2, -0.15) is 13.2 Å². The van der Waals surface area contributed by atoms with Crippen molar-refractivity contribution in [3.63, 3.8) is 0 Å². The van der Waals surface area contributed by atoms with Crippen LogP contribution in [0.4, 0.5) is 18.9 Å². The Balaban J connectivity index is 2.09. The minimum atomic E-state index is -4.72. The predicted octanol–water partition coefficient (Wildman–Crippen LogP) is 3.65. The first-order valence-electron chi connectivity index (χ1n) is 7.56. The summed E-state index contributed by atoms with van der Waals surface area (Å²) in [7, 11) is 1.40. The summed E-state index contributed by atoms with van der Waals surface area (Å²) in [6, 6.07) is 8.64. The molecular weight excluding hydrogens is 401 g/mol. The fraction of sp³-hybridized carbons (Fsp3) is 0.125. The molecule has 8 nitrogen and oxygen atoms in total. The molecule has 1 N–H and O–H groups in total. The third-order valence-electron chi connectivity index (χ3n) is 3.65. The summed E-state index contributed by atoms with van der Waals surface area (Å²) >= 11 is 0.679. The van der Waals surface area contributed by atoms with Crippen molar-refractivity contribution in [2.45, 2.75) is 16.2 Å². The van der Waals surface area contributed by atoms with Gasteiger partial charge in [0.05, 0.1) is 28.2 Å². The van der Waals surface area contributed by atoms with Gasteiger partial charge in [0.1, 0.15) is 5.75 Å². The highest BCUT2D eigenvalue weighted by molar-refractivity contribution is 7.99. The van der Waals surface area contributed by atoms with Gasteiger partial charge >= 0.3 is 11.9 Å². The highest BCUT2D eigenvalue weighted by Gasteiger charge is 2.33. The maximum Gasteiger partial charge on any atom is 0.416 e. The molecule has 1 aromatic heterocycles. The molecule has 0 aliphatic carbocycles. The molecule has 0 aliphatic heterocycles. The normalized spacial score (nSPS) is 11.4. The molecule has 0 radical (unpaired) electrons. The van der Waals surface area contributed by atoms with Crippen molar-refractivity contribution in [2.24, 2.45) is 0 Å². The number of nitro benzene ring substituents is 1. The Morgan fingerprint density at radius 2 is 1.96 bits per heavy atom. The lowest BCUT2D eigenvalue weighted by Gasteiger charge is -2.11. The van der Waals surface area contributed by atoms with E-state index in [-0.39, 0.29) is 10.1 Å². The molecule has 1 heterocycles. The largest absolute Gasteiger partial charge is 0.495 e. The second kappa shape index (κ2) is 7.38. The van der Waals surface area contributed by atoms with Gasteiger partial charge in [-0.3, -0.25) is 10.1 Å². The molecule has 3 aromatic rings. The first kappa shape index (κ1) is 19.5. The number of benzene rings is 2. The van der Waals surface area contributed by atoms with E-state index < -0.39 is 28.0 Å². The summed E-state index contributed by atoms with van der Waals surface area (Å²) in [5, 5.41) is 17.3. The molecule has 12 heteroatoms. The molecule has 0 amide bonds. The van der Waals surface area contributed by atoms with Crippen LogP contribution in [0.25, 0.3) is 5.69 Å². The van der Waals surface area contributed by atoms with Crippen molar-refractivity contribution >= 4 is 17.4 Å². The molecule has 3 rings (SSSR count). The quantitative estimate of drug-likeness (QED) is 0.507. The lowest BCUT2D eigenvalue weighted by atomic mass is 10.2. The molecule has 0 atom stereocenters. The number of aromatic nitrogens is 3. The fourth-order valence-electron chi connectivity index (χ4n) is 2.40. The topological polar surface area (TPSA) is 103 Å². The average Bonchev–Trinajstić information content (AvgIpc) is 3.01. The zero-order chi connectivity index (χ0) is 20.5. The van der Waals surface area contributed by atoms with Crippen LogP contribution in [0.15, 0.2) is 57.3 Å². The summed E-state index contributed by atoms with van der Waals surface area (Å²) in [4.78, 5) is 22.4. The van der Waals surface area contributed by atoms with Crippen molar-refractivity contribution in [3.05, 3.63) is 68.6 Å². The molecule has 0 aliphatic rings. The molecule has 2 aromatic carbocycles. The minimum Gasteiger partial charge on any atom is -0.495 e. The SMILES string of the molecule is COc1ccccc1-n1c(Sc2ccc(C(F)(F)F)cc2[N+](=O)[O-])n[nH]c1=O. The Morgan fingerprint density at radius 3 is 2.61 bits per heavy atom. The molecule has 0 bridgehead atoms. The Labute approximate surface area is 159 Å². The van der Waals surface area contributed by atoms with E-state index in [2.05, 4.69) is 10.2 Å². The van der Waals surface area contributed by atoms with Gasteiger partial charge in [0.25, 0.3) is 5.69 Å². The van der Waals surface area contributed by atoms with Gasteiger partial charge in [-0.05, 0) is 36.0 Å². The summed E-state index contributed by atoms with van der Waals surface area (Å²) < 4.78 is 44.9. The van der Waals surface area contributed by atoms with Gasteiger partial charge < -0.3 is 4.74 Å². The standard InChI is InChI=1S/C16H11F3N4O4S/c1-27-12-5-3-2-4-10(12)22-14(24)20-21-15(22)28-13-7-6-9(16(17,18)19)8-11(13)23(25)26/h2-8H,1H3,(H,20,24). The van der Waals surface area contributed by atoms with Crippen LogP contribution in [-0.4, -0.2) is 26.8 Å². The number of methoxy groups -OCH3 is 1. The zero-order valence-electron chi connectivity index (χ0n) is 14.1. The second-order valence-electron chi connectivity index (χ2n) is 5.36. The van der Waals surface area contributed by atoms with Crippen molar-refractivity contribution in [1.82, 2.24) is 14.8 Å². The number of para-hydroxylation sites is 2. The molecule has 0 fully saturated rings. The number of hydrogen-bond acceptors (Lipinski definition) is 6. The van der Waals surface area contributed by atoms with Gasteiger partial charge in [0.2, 0.25) is 5.16 Å². The Morgan fingerprint density at radius 1 is 1.25 bits per heavy atom. The smallest absolute Gasteiger partial charge is 0.416 e. The molecular formula is C16H11F3N4O4S. The Hall–Kier alpha value is -3.28. The maximum atomic E-state index is 12.9. The van der Waals surface area contributed by atoms with Crippen LogP contribution in [0.2, 0.25) is 0 Å². The van der Waals surface area contributed by atoms with Crippen LogP contribution >= 0.6 is 11.8 Å². The van der Waals surface area contributed by atoms with Gasteiger partial charge in [0.15, 0.2) is 0 Å². The average molecular weight is 412 g/mol. The number of aromatic amines is 1. The number of H-pyrrole nitrogens is 1. The number of alkyl halides is 3. The van der Waals surface area contributed by atoms with E-state index in [0.29, 0.717) is 29.3 Å². The van der Waals surface area contributed by atoms with Crippen molar-refractivity contribution < 1.29 is 22.8 Å². The van der Waals surface area contributed by atoms with E-state index in [1.54, 1.807) is 24.3 Å². The van der Waals surface area contributed by atoms with Gasteiger partial charge in [-0.1, -0.05) is 12.1 Å². The van der Waals surface area contributed by atoms with E-state index >= 15 is 0 Å². The third-order valence-corrected chi connectivity index (χ3v) is 4.67. The highest BCUT2D eigenvalue weighted by Crippen LogP contribution is 2.39. The van der Waals surface area contributed by atoms with E-state index in [1.165, 1.54) is 7.11 Å². The van der Waals surface area contributed by atoms with Crippen molar-refractivity contribution in [3.8, 4) is 11.4 Å². The number of nitrogens with one attached hydrogen (secondary N) is 1. The third kappa shape index (κ3) is 3.71. The van der Waals surface area contributed by atoms with Crippen LogP contribution in [-0.2, 0) is 6.18 Å². The maximum absolute atomic E-state index is 12.9. The molecule has 146 valence electrons. The number of nitrogens with zero attached hydrogens (tertiary/aromatic N) is 3. The Kier molecular flexibility index (Phi) is 5.14. The van der Waals surface area contributed by atoms with Crippen molar-refractivity contribution in [1.29, 1.82) is 0 Å². The van der Waals surface area contributed by atoms with Crippen LogP contribution in [0.3, 0.4) is 0 Å². The second-order valence-corrected chi connectivity index (χ2v) is 6.37. The molecule has 28 heavy (non-hydrogen) atoms. The highest BCUT2D eigenvalue weighted by atomic mass is 32.2. The fourth-order valence-corrected chi connectivity index (χ4v) is 3.33. The van der Waals surface area contributed by atoms with Gasteiger partial charge in [0, 0.05) is 6.07 Å². The number of rotatable bonds is 5. The number of nitro groups is 1. The van der Waals surface area contributed by atoms with Gasteiger partial charge in [-0.15, -0.1) is 5.10 Å². The lowest BCUT2D eigenvalue weighted by Crippen LogP contribution is -2.16. The molecule has 0 saturated heterocycles. The minimum absolute atomic E-state index is 0.00245. The molecule has 0 spiro atoms. The summed E-state index contributed by atoms with van der Waals surface area (Å²) in [5.41, 5.74) is -2.21. The van der Waals surface area contributed by atoms with Crippen LogP contribution < -0.4 is 10.4 Å². The number of ether oxygens (including phenoxy) is 1. The van der Waals surface area contributed by atoms with Crippen LogP contribution in [0, 0.1) is 10.1 Å². The van der Waals surface area contributed by atoms with Crippen molar-refractivity contribution in [2.75, 3.05) is 7.11 Å². The van der Waals surface area contributed by atoms with Crippen LogP contribution in [0.5, 0.6) is 5.75 Å². The van der Waals surface area contributed by atoms with E-state index in [4.69, 9.17) is 4.74 Å². The summed E-state index contributed by atoms with van der Waals surface area (Å²) in [6.07, 6.45) is -4.72. The first-order chi connectivity index (χ1) is 13.2. The Bertz CT molecular complexity index is 1090. The lowest BCUT2D eigenvalue weighted by molar-refractivity contribution is -0.388. The van der Waals surface area contributed by atoms with Crippen LogP contribution in [0.1, 0.15) is 5.56 Å². The summed E-state index contributed by atoms with van der Waals surface area (Å²) in [6.45, 7) is 0. The number of halogens is 3. The zero-order valence-corrected chi connectivity index (χ0v) is 14.9. The molecule has 0 saturated carbocycles. The van der Waals surface area contributed by atoms with E-state index in [0.717, 1.165) is 16.7 Å². The van der Waals surface area contributed by atoms with E-state index in [9.17, 15) is 28.1 Å². The monoisotopic (exact) mass is 412 g/mol. The number of hydrogen-bond donors (Lipinski definition) is 1. The van der Waals surface area contributed by atoms with Gasteiger partial charge in [-0.25, -0.2) is 14.5 Å². The molecule has 0 unspecified atom stereocenters. The van der Waals surface area contributed by atoms with E-state index in [1.807, 2.05) is 0 Å². The first-order valence-corrected chi connectivity index (χ1v) is 8.38. The predicted molar refractivity (Wildman–Crippen MR) is 93.0 cm³/mol.